The molecule has 0 aliphatic carbocycles. The maximum absolute atomic E-state index is 12.7. The molecule has 37 heavy (non-hydrogen) atoms. The zero-order valence-electron chi connectivity index (χ0n) is 20.9. The monoisotopic (exact) mass is 556 g/mol. The fraction of sp³-hybridized carbons (Fsp3) is 0.458. The smallest absolute Gasteiger partial charge is 0.339 e. The summed E-state index contributed by atoms with van der Waals surface area (Å²) in [5.41, 5.74) is -0.116. The van der Waals surface area contributed by atoms with Gasteiger partial charge in [-0.1, -0.05) is 12.1 Å². The van der Waals surface area contributed by atoms with Crippen LogP contribution in [0.2, 0.25) is 0 Å². The molecule has 0 aromatic heterocycles. The fourth-order valence-electron chi connectivity index (χ4n) is 3.44. The van der Waals surface area contributed by atoms with E-state index in [-0.39, 0.29) is 41.7 Å². The Balaban J connectivity index is 1.58. The Labute approximate surface area is 217 Å². The molecule has 0 bridgehead atoms. The van der Waals surface area contributed by atoms with Crippen LogP contribution in [-0.4, -0.2) is 77.2 Å². The molecule has 0 amide bonds. The quantitative estimate of drug-likeness (QED) is 0.325. The van der Waals surface area contributed by atoms with E-state index in [1.54, 1.807) is 20.8 Å². The van der Waals surface area contributed by atoms with Crippen molar-refractivity contribution in [3.05, 3.63) is 54.1 Å². The van der Waals surface area contributed by atoms with Crippen LogP contribution >= 0.6 is 0 Å². The molecule has 3 rings (SSSR count). The molecule has 0 radical (unpaired) electrons. The summed E-state index contributed by atoms with van der Waals surface area (Å²) in [6.45, 7) is 6.36. The van der Waals surface area contributed by atoms with Crippen molar-refractivity contribution in [3.63, 3.8) is 0 Å². The number of sulfonamides is 1. The summed E-state index contributed by atoms with van der Waals surface area (Å²) < 4.78 is 67.6. The second-order valence-corrected chi connectivity index (χ2v) is 12.8. The van der Waals surface area contributed by atoms with Crippen molar-refractivity contribution in [1.29, 1.82) is 0 Å². The van der Waals surface area contributed by atoms with Crippen LogP contribution in [0.15, 0.2) is 58.3 Å². The van der Waals surface area contributed by atoms with Gasteiger partial charge in [-0.25, -0.2) is 8.42 Å². The highest BCUT2D eigenvalue weighted by Crippen LogP contribution is 2.24. The van der Waals surface area contributed by atoms with Gasteiger partial charge >= 0.3 is 16.1 Å². The van der Waals surface area contributed by atoms with Crippen molar-refractivity contribution < 1.29 is 40.4 Å². The number of hydrogen-bond acceptors (Lipinski definition) is 10. The molecule has 1 heterocycles. The predicted octanol–water partition coefficient (Wildman–Crippen LogP) is 1.44. The number of ether oxygens (including phenoxy) is 2. The van der Waals surface area contributed by atoms with Crippen LogP contribution in [0.4, 0.5) is 0 Å². The van der Waals surface area contributed by atoms with Crippen LogP contribution in [0.5, 0.6) is 5.75 Å². The maximum atomic E-state index is 12.7. The van der Waals surface area contributed by atoms with E-state index in [1.165, 1.54) is 52.8 Å². The van der Waals surface area contributed by atoms with E-state index in [0.29, 0.717) is 18.8 Å². The normalized spacial score (nSPS) is 16.2. The van der Waals surface area contributed by atoms with Crippen LogP contribution < -0.4 is 9.50 Å². The van der Waals surface area contributed by atoms with E-state index in [1.807, 2.05) is 0 Å². The number of esters is 1. The Hall–Kier alpha value is -2.55. The van der Waals surface area contributed by atoms with E-state index < -0.39 is 37.8 Å². The molecule has 1 unspecified atom stereocenters. The largest absolute Gasteiger partial charge is 0.459 e. The Morgan fingerprint density at radius 3 is 2.14 bits per heavy atom. The molecule has 2 N–H and O–H groups in total. The molecule has 1 aliphatic heterocycles. The van der Waals surface area contributed by atoms with Gasteiger partial charge in [0.15, 0.2) is 0 Å². The van der Waals surface area contributed by atoms with E-state index in [2.05, 4.69) is 5.32 Å². The van der Waals surface area contributed by atoms with E-state index >= 15 is 0 Å². The van der Waals surface area contributed by atoms with Gasteiger partial charge in [0.2, 0.25) is 10.0 Å². The lowest BCUT2D eigenvalue weighted by atomic mass is 10.1. The van der Waals surface area contributed by atoms with Gasteiger partial charge in [-0.15, -0.1) is 0 Å². The first-order valence-corrected chi connectivity index (χ1v) is 14.5. The average molecular weight is 557 g/mol. The summed E-state index contributed by atoms with van der Waals surface area (Å²) in [5, 5.41) is 13.1. The Kier molecular flexibility index (Phi) is 9.32. The average Bonchev–Trinajstić information content (AvgIpc) is 2.83. The number of carbonyl (C=O) groups is 1. The summed E-state index contributed by atoms with van der Waals surface area (Å²) in [5.74, 6) is -0.428. The van der Waals surface area contributed by atoms with Crippen LogP contribution in [0.3, 0.4) is 0 Å². The fourth-order valence-corrected chi connectivity index (χ4v) is 5.78. The molecule has 0 spiro atoms. The van der Waals surface area contributed by atoms with Gasteiger partial charge in [-0.05, 0) is 62.7 Å². The second-order valence-electron chi connectivity index (χ2n) is 9.33. The van der Waals surface area contributed by atoms with Crippen molar-refractivity contribution in [2.24, 2.45) is 0 Å². The number of aliphatic hydroxyl groups excluding tert-OH is 1. The summed E-state index contributed by atoms with van der Waals surface area (Å²) in [7, 11) is -7.98. The molecule has 2 aromatic rings. The third-order valence-corrected chi connectivity index (χ3v) is 8.39. The first-order chi connectivity index (χ1) is 17.3. The maximum Gasteiger partial charge on any atom is 0.339 e. The number of carbonyl (C=O) groups excluding carboxylic acids is 1. The van der Waals surface area contributed by atoms with Crippen molar-refractivity contribution >= 4 is 26.1 Å². The van der Waals surface area contributed by atoms with Crippen molar-refractivity contribution in [2.75, 3.05) is 39.4 Å². The Bertz CT molecular complexity index is 1260. The Morgan fingerprint density at radius 2 is 1.57 bits per heavy atom. The number of rotatable bonds is 10. The van der Waals surface area contributed by atoms with Gasteiger partial charge < -0.3 is 24.1 Å². The SMILES string of the molecule is CC(C)(C)OC(=O)CNCC(O)c1ccc(OS(=O)(=O)c2ccc(S(=O)(=O)N3CCOCC3)cc2)cc1. The molecular weight excluding hydrogens is 524 g/mol. The highest BCUT2D eigenvalue weighted by molar-refractivity contribution is 7.89. The van der Waals surface area contributed by atoms with Crippen LogP contribution in [0.1, 0.15) is 32.4 Å². The van der Waals surface area contributed by atoms with Crippen LogP contribution in [0, 0.1) is 0 Å². The third-order valence-electron chi connectivity index (χ3n) is 5.22. The van der Waals surface area contributed by atoms with Crippen LogP contribution in [-0.2, 0) is 34.4 Å². The topological polar surface area (TPSA) is 149 Å². The minimum absolute atomic E-state index is 0.0164. The number of nitrogens with zero attached hydrogens (tertiary/aromatic N) is 1. The summed E-state index contributed by atoms with van der Waals surface area (Å²) in [6.07, 6.45) is -0.950. The van der Waals surface area contributed by atoms with Gasteiger partial charge in [0.1, 0.15) is 16.2 Å². The second kappa shape index (κ2) is 11.9. The zero-order chi connectivity index (χ0) is 27.3. The van der Waals surface area contributed by atoms with Gasteiger partial charge in [0.25, 0.3) is 0 Å². The molecule has 11 nitrogen and oxygen atoms in total. The van der Waals surface area contributed by atoms with E-state index in [4.69, 9.17) is 13.7 Å². The highest BCUT2D eigenvalue weighted by atomic mass is 32.2. The number of morpholine rings is 1. The molecule has 2 aromatic carbocycles. The van der Waals surface area contributed by atoms with Gasteiger partial charge in [0, 0.05) is 19.6 Å². The molecule has 204 valence electrons. The molecule has 0 saturated carbocycles. The predicted molar refractivity (Wildman–Crippen MR) is 134 cm³/mol. The van der Waals surface area contributed by atoms with Gasteiger partial charge in [-0.2, -0.15) is 12.7 Å². The number of aliphatic hydroxyl groups is 1. The minimum atomic E-state index is -4.23. The lowest BCUT2D eigenvalue weighted by Gasteiger charge is -2.26. The standard InChI is InChI=1S/C24H32N2O9S2/c1-24(2,3)34-23(28)17-25-16-22(27)18-4-6-19(7-5-18)35-37(31,32)21-10-8-20(9-11-21)36(29,30)26-12-14-33-15-13-26/h4-11,22,25,27H,12-17H2,1-3H3. The number of nitrogens with one attached hydrogen (secondary N) is 1. The minimum Gasteiger partial charge on any atom is -0.459 e. The first-order valence-electron chi connectivity index (χ1n) is 11.6. The molecule has 1 fully saturated rings. The molecule has 1 atom stereocenters. The molecule has 1 aliphatic rings. The number of hydrogen-bond donors (Lipinski definition) is 2. The van der Waals surface area contributed by atoms with Gasteiger partial charge in [0.05, 0.1) is 30.8 Å². The van der Waals surface area contributed by atoms with E-state index in [0.717, 1.165) is 0 Å². The lowest BCUT2D eigenvalue weighted by Crippen LogP contribution is -2.40. The van der Waals surface area contributed by atoms with Crippen molar-refractivity contribution in [3.8, 4) is 5.75 Å². The van der Waals surface area contributed by atoms with Crippen molar-refractivity contribution in [2.45, 2.75) is 42.3 Å². The number of benzene rings is 2. The summed E-state index contributed by atoms with van der Waals surface area (Å²) in [6, 6.07) is 10.6. The van der Waals surface area contributed by atoms with Gasteiger partial charge in [-0.3, -0.25) is 4.79 Å². The third kappa shape index (κ3) is 8.22. The molecular formula is C24H32N2O9S2. The Morgan fingerprint density at radius 1 is 1.00 bits per heavy atom. The van der Waals surface area contributed by atoms with Crippen molar-refractivity contribution in [1.82, 2.24) is 9.62 Å². The lowest BCUT2D eigenvalue weighted by molar-refractivity contribution is -0.153. The molecule has 13 heteroatoms. The summed E-state index contributed by atoms with van der Waals surface area (Å²) >= 11 is 0. The molecule has 1 saturated heterocycles. The zero-order valence-corrected chi connectivity index (χ0v) is 22.5. The van der Waals surface area contributed by atoms with E-state index in [9.17, 15) is 26.7 Å². The first kappa shape index (κ1) is 29.0. The summed E-state index contributed by atoms with van der Waals surface area (Å²) in [4.78, 5) is 11.5. The highest BCUT2D eigenvalue weighted by Gasteiger charge is 2.27. The van der Waals surface area contributed by atoms with Crippen LogP contribution in [0.25, 0.3) is 0 Å².